The molecule has 1 aliphatic rings. The van der Waals surface area contributed by atoms with Crippen molar-refractivity contribution >= 4 is 17.8 Å². The van der Waals surface area contributed by atoms with Crippen LogP contribution in [-0.2, 0) is 4.79 Å². The second-order valence-corrected chi connectivity index (χ2v) is 3.86. The maximum atomic E-state index is 11.7. The van der Waals surface area contributed by atoms with Crippen molar-refractivity contribution in [1.29, 1.82) is 5.41 Å². The lowest BCUT2D eigenvalue weighted by atomic mass is 10.3. The molecule has 0 atom stereocenters. The number of nitrogens with zero attached hydrogens (tertiary/aromatic N) is 2. The quantitative estimate of drug-likeness (QED) is 0.672. The zero-order chi connectivity index (χ0) is 11.0. The van der Waals surface area contributed by atoms with Crippen LogP contribution in [0.15, 0.2) is 0 Å². The van der Waals surface area contributed by atoms with Crippen molar-refractivity contribution in [3.05, 3.63) is 0 Å². The van der Waals surface area contributed by atoms with Crippen molar-refractivity contribution in [2.45, 2.75) is 39.8 Å². The van der Waals surface area contributed by atoms with Crippen LogP contribution in [-0.4, -0.2) is 39.7 Å². The smallest absolute Gasteiger partial charge is 0.279 e. The van der Waals surface area contributed by atoms with Crippen LogP contribution >= 0.6 is 0 Å². The summed E-state index contributed by atoms with van der Waals surface area (Å²) in [7, 11) is 0. The number of imide groups is 1. The van der Waals surface area contributed by atoms with Gasteiger partial charge in [0.15, 0.2) is 5.84 Å². The molecule has 78 valence electrons. The summed E-state index contributed by atoms with van der Waals surface area (Å²) in [6, 6.07) is -0.730. The summed E-state index contributed by atoms with van der Waals surface area (Å²) in [5.74, 6) is -0.725. The molecule has 1 heterocycles. The van der Waals surface area contributed by atoms with Crippen LogP contribution in [0.25, 0.3) is 0 Å². The van der Waals surface area contributed by atoms with Gasteiger partial charge in [0.25, 0.3) is 5.91 Å². The number of carbonyl (C=O) groups is 2. The molecule has 0 radical (unpaired) electrons. The normalized spacial score (nSPS) is 18.0. The number of urea groups is 1. The van der Waals surface area contributed by atoms with Crippen LogP contribution in [0.1, 0.15) is 27.7 Å². The number of hydrogen-bond donors (Lipinski definition) is 1. The maximum Gasteiger partial charge on any atom is 0.333 e. The fraction of sp³-hybridized carbons (Fsp3) is 0.667. The van der Waals surface area contributed by atoms with E-state index < -0.39 is 5.91 Å². The van der Waals surface area contributed by atoms with E-state index in [9.17, 15) is 9.59 Å². The predicted octanol–water partition coefficient (Wildman–Crippen LogP) is 1.04. The largest absolute Gasteiger partial charge is 0.333 e. The first kappa shape index (κ1) is 10.7. The van der Waals surface area contributed by atoms with E-state index >= 15 is 0 Å². The molecule has 1 saturated heterocycles. The minimum atomic E-state index is -0.501. The molecule has 0 aromatic heterocycles. The highest BCUT2D eigenvalue weighted by molar-refractivity contribution is 6.45. The molecule has 0 saturated carbocycles. The highest BCUT2D eigenvalue weighted by atomic mass is 16.2. The molecule has 5 heteroatoms. The van der Waals surface area contributed by atoms with Gasteiger partial charge in [0.2, 0.25) is 0 Å². The second kappa shape index (κ2) is 3.40. The summed E-state index contributed by atoms with van der Waals surface area (Å²) < 4.78 is 0. The first-order valence-corrected chi connectivity index (χ1v) is 4.63. The standard InChI is InChI=1S/C9H15N3O2/c1-5(2)11-7(10)8(13)12(6(3)4)9(11)14/h5-6,10H,1-4H3. The van der Waals surface area contributed by atoms with Crippen LogP contribution in [0.5, 0.6) is 0 Å². The molecule has 1 N–H and O–H groups in total. The summed E-state index contributed by atoms with van der Waals surface area (Å²) in [5, 5.41) is 7.51. The topological polar surface area (TPSA) is 64.5 Å². The molecule has 1 aliphatic heterocycles. The summed E-state index contributed by atoms with van der Waals surface area (Å²) in [5.41, 5.74) is 0. The van der Waals surface area contributed by atoms with Crippen molar-refractivity contribution in [3.63, 3.8) is 0 Å². The van der Waals surface area contributed by atoms with E-state index in [0.29, 0.717) is 0 Å². The number of hydrogen-bond acceptors (Lipinski definition) is 3. The Hall–Kier alpha value is -1.39. The van der Waals surface area contributed by atoms with Crippen molar-refractivity contribution < 1.29 is 9.59 Å². The van der Waals surface area contributed by atoms with Gasteiger partial charge in [-0.25, -0.2) is 4.79 Å². The molecule has 1 rings (SSSR count). The fourth-order valence-corrected chi connectivity index (χ4v) is 1.45. The van der Waals surface area contributed by atoms with Crippen LogP contribution in [0, 0.1) is 5.41 Å². The molecule has 3 amide bonds. The first-order valence-electron chi connectivity index (χ1n) is 4.63. The molecule has 14 heavy (non-hydrogen) atoms. The van der Waals surface area contributed by atoms with Gasteiger partial charge in [0, 0.05) is 12.1 Å². The Morgan fingerprint density at radius 2 is 1.43 bits per heavy atom. The van der Waals surface area contributed by atoms with Gasteiger partial charge in [-0.2, -0.15) is 0 Å². The predicted molar refractivity (Wildman–Crippen MR) is 52.1 cm³/mol. The molecule has 1 fully saturated rings. The van der Waals surface area contributed by atoms with Crippen LogP contribution in [0.2, 0.25) is 0 Å². The summed E-state index contributed by atoms with van der Waals surface area (Å²) in [6.45, 7) is 7.08. The Bertz CT molecular complexity index is 268. The molecule has 5 nitrogen and oxygen atoms in total. The van der Waals surface area contributed by atoms with E-state index in [-0.39, 0.29) is 24.0 Å². The highest BCUT2D eigenvalue weighted by Gasteiger charge is 2.43. The Balaban J connectivity index is 3.03. The van der Waals surface area contributed by atoms with Gasteiger partial charge in [-0.05, 0) is 27.7 Å². The van der Waals surface area contributed by atoms with E-state index in [4.69, 9.17) is 5.41 Å². The number of nitrogens with one attached hydrogen (secondary N) is 1. The van der Waals surface area contributed by atoms with E-state index in [1.54, 1.807) is 27.7 Å². The van der Waals surface area contributed by atoms with Gasteiger partial charge in [-0.1, -0.05) is 0 Å². The van der Waals surface area contributed by atoms with Gasteiger partial charge in [0.1, 0.15) is 0 Å². The van der Waals surface area contributed by atoms with Gasteiger partial charge in [0.05, 0.1) is 0 Å². The van der Waals surface area contributed by atoms with E-state index in [0.717, 1.165) is 4.90 Å². The zero-order valence-electron chi connectivity index (χ0n) is 8.87. The van der Waals surface area contributed by atoms with Crippen LogP contribution < -0.4 is 0 Å². The summed E-state index contributed by atoms with van der Waals surface area (Å²) in [6.07, 6.45) is 0. The molecule has 0 unspecified atom stereocenters. The number of amides is 3. The molecule has 0 aromatic rings. The Labute approximate surface area is 83.2 Å². The van der Waals surface area contributed by atoms with E-state index in [2.05, 4.69) is 0 Å². The Morgan fingerprint density at radius 1 is 1.00 bits per heavy atom. The third-order valence-electron chi connectivity index (χ3n) is 2.11. The van der Waals surface area contributed by atoms with Gasteiger partial charge in [-0.3, -0.25) is 20.0 Å². The lowest BCUT2D eigenvalue weighted by Crippen LogP contribution is -2.40. The number of carbonyl (C=O) groups excluding carboxylic acids is 2. The van der Waals surface area contributed by atoms with Crippen molar-refractivity contribution in [2.75, 3.05) is 0 Å². The zero-order valence-corrected chi connectivity index (χ0v) is 8.87. The minimum Gasteiger partial charge on any atom is -0.279 e. The third kappa shape index (κ3) is 1.38. The minimum absolute atomic E-state index is 0.150. The average molecular weight is 197 g/mol. The molecule has 0 aliphatic carbocycles. The van der Waals surface area contributed by atoms with Gasteiger partial charge in [-0.15, -0.1) is 0 Å². The average Bonchev–Trinajstić information content (AvgIpc) is 2.23. The molecular weight excluding hydrogens is 182 g/mol. The summed E-state index contributed by atoms with van der Waals surface area (Å²) in [4.78, 5) is 25.5. The molecule has 0 spiro atoms. The van der Waals surface area contributed by atoms with Crippen LogP contribution in [0.4, 0.5) is 4.79 Å². The summed E-state index contributed by atoms with van der Waals surface area (Å²) >= 11 is 0. The number of rotatable bonds is 2. The molecular formula is C9H15N3O2. The second-order valence-electron chi connectivity index (χ2n) is 3.86. The van der Waals surface area contributed by atoms with E-state index in [1.807, 2.05) is 0 Å². The first-order chi connectivity index (χ1) is 6.37. The van der Waals surface area contributed by atoms with Crippen molar-refractivity contribution in [3.8, 4) is 0 Å². The van der Waals surface area contributed by atoms with Crippen molar-refractivity contribution in [2.24, 2.45) is 0 Å². The highest BCUT2D eigenvalue weighted by Crippen LogP contribution is 2.17. The van der Waals surface area contributed by atoms with Gasteiger partial charge < -0.3 is 0 Å². The number of amidine groups is 1. The van der Waals surface area contributed by atoms with E-state index in [1.165, 1.54) is 4.90 Å². The lowest BCUT2D eigenvalue weighted by Gasteiger charge is -2.21. The maximum absolute atomic E-state index is 11.7. The monoisotopic (exact) mass is 197 g/mol. The van der Waals surface area contributed by atoms with Crippen LogP contribution in [0.3, 0.4) is 0 Å². The molecule has 0 bridgehead atoms. The SMILES string of the molecule is CC(C)N1C(=N)C(=O)N(C(C)C)C1=O. The molecule has 0 aromatic carbocycles. The lowest BCUT2D eigenvalue weighted by molar-refractivity contribution is -0.121. The van der Waals surface area contributed by atoms with Gasteiger partial charge >= 0.3 is 6.03 Å². The third-order valence-corrected chi connectivity index (χ3v) is 2.11. The fourth-order valence-electron chi connectivity index (χ4n) is 1.45. The Kier molecular flexibility index (Phi) is 2.59. The Morgan fingerprint density at radius 3 is 1.64 bits per heavy atom. The van der Waals surface area contributed by atoms with Crippen molar-refractivity contribution in [1.82, 2.24) is 9.80 Å².